The third kappa shape index (κ3) is 3.62. The van der Waals surface area contributed by atoms with Crippen LogP contribution in [-0.2, 0) is 9.59 Å². The van der Waals surface area contributed by atoms with E-state index < -0.39 is 22.8 Å². The van der Waals surface area contributed by atoms with Crippen LogP contribution in [0.2, 0.25) is 0 Å². The van der Waals surface area contributed by atoms with E-state index in [9.17, 15) is 24.8 Å². The zero-order valence-corrected chi connectivity index (χ0v) is 14.5. The van der Waals surface area contributed by atoms with Crippen LogP contribution in [0.3, 0.4) is 0 Å². The summed E-state index contributed by atoms with van der Waals surface area (Å²) in [5.74, 6) is -1.88. The number of nitro groups is 1. The molecule has 126 valence electrons. The molecule has 1 aromatic rings. The molecule has 1 heterocycles. The molecule has 24 heavy (non-hydrogen) atoms. The summed E-state index contributed by atoms with van der Waals surface area (Å²) in [4.78, 5) is 35.5. The molecule has 0 bridgehead atoms. The van der Waals surface area contributed by atoms with Crippen molar-refractivity contribution in [3.63, 3.8) is 0 Å². The summed E-state index contributed by atoms with van der Waals surface area (Å²) in [6, 6.07) is 4.67. The van der Waals surface area contributed by atoms with Crippen LogP contribution >= 0.6 is 24.0 Å². The summed E-state index contributed by atoms with van der Waals surface area (Å²) in [5.41, 5.74) is 0.544. The lowest BCUT2D eigenvalue weighted by Gasteiger charge is -2.26. The number of benzene rings is 1. The molecule has 7 nitrogen and oxygen atoms in total. The number of non-ortho nitro benzene ring substituents is 1. The number of carbonyl (C=O) groups is 2. The zero-order valence-electron chi connectivity index (χ0n) is 12.8. The lowest BCUT2D eigenvalue weighted by atomic mass is 10.0. The largest absolute Gasteiger partial charge is 0.480 e. The summed E-state index contributed by atoms with van der Waals surface area (Å²) < 4.78 is 0.189. The number of amides is 1. The molecule has 0 aliphatic carbocycles. The Bertz CT molecular complexity index is 743. The Labute approximate surface area is 147 Å². The SMILES string of the molecule is CC(C)C(C(=O)O)N1C(=O)/C(=C\c2ccc([N+](=O)[O-])cc2)SC1=S. The Balaban J connectivity index is 2.30. The standard InChI is InChI=1S/C15H14N2O5S2/c1-8(2)12(14(19)20)16-13(18)11(24-15(16)23)7-9-3-5-10(6-4-9)17(21)22/h3-8,12H,1-2H3,(H,19,20)/b11-7+. The maximum Gasteiger partial charge on any atom is 0.327 e. The van der Waals surface area contributed by atoms with Crippen molar-refractivity contribution in [3.05, 3.63) is 44.8 Å². The van der Waals surface area contributed by atoms with E-state index in [0.29, 0.717) is 10.5 Å². The van der Waals surface area contributed by atoms with E-state index in [2.05, 4.69) is 0 Å². The van der Waals surface area contributed by atoms with E-state index >= 15 is 0 Å². The topological polar surface area (TPSA) is 101 Å². The van der Waals surface area contributed by atoms with Gasteiger partial charge in [-0.25, -0.2) is 4.79 Å². The predicted octanol–water partition coefficient (Wildman–Crippen LogP) is 2.91. The number of nitro benzene ring substituents is 1. The first-order chi connectivity index (χ1) is 11.2. The van der Waals surface area contributed by atoms with Gasteiger partial charge in [-0.3, -0.25) is 19.8 Å². The average Bonchev–Trinajstić information content (AvgIpc) is 2.75. The molecule has 9 heteroatoms. The predicted molar refractivity (Wildman–Crippen MR) is 94.4 cm³/mol. The van der Waals surface area contributed by atoms with Crippen molar-refractivity contribution in [2.24, 2.45) is 5.92 Å². The van der Waals surface area contributed by atoms with Gasteiger partial charge in [0.2, 0.25) is 0 Å². The summed E-state index contributed by atoms with van der Waals surface area (Å²) >= 11 is 6.18. The number of carboxylic acid groups (broad SMARTS) is 1. The van der Waals surface area contributed by atoms with Crippen LogP contribution in [0.1, 0.15) is 19.4 Å². The van der Waals surface area contributed by atoms with Gasteiger partial charge >= 0.3 is 5.97 Å². The number of nitrogens with zero attached hydrogens (tertiary/aromatic N) is 2. The molecule has 1 aliphatic heterocycles. The highest BCUT2D eigenvalue weighted by Crippen LogP contribution is 2.35. The highest BCUT2D eigenvalue weighted by molar-refractivity contribution is 8.26. The van der Waals surface area contributed by atoms with Crippen molar-refractivity contribution in [1.29, 1.82) is 0 Å². The highest BCUT2D eigenvalue weighted by Gasteiger charge is 2.41. The average molecular weight is 366 g/mol. The highest BCUT2D eigenvalue weighted by atomic mass is 32.2. The van der Waals surface area contributed by atoms with Gasteiger partial charge in [0.1, 0.15) is 10.4 Å². The number of thioether (sulfide) groups is 1. The van der Waals surface area contributed by atoms with Crippen molar-refractivity contribution < 1.29 is 19.6 Å². The first-order valence-electron chi connectivity index (χ1n) is 6.96. The second-order valence-electron chi connectivity index (χ2n) is 5.43. The van der Waals surface area contributed by atoms with Gasteiger partial charge in [0.25, 0.3) is 11.6 Å². The maximum atomic E-state index is 12.5. The molecular weight excluding hydrogens is 352 g/mol. The van der Waals surface area contributed by atoms with Crippen LogP contribution < -0.4 is 0 Å². The smallest absolute Gasteiger partial charge is 0.327 e. The molecular formula is C15H14N2O5S2. The lowest BCUT2D eigenvalue weighted by Crippen LogP contribution is -2.47. The van der Waals surface area contributed by atoms with E-state index in [1.165, 1.54) is 24.3 Å². The van der Waals surface area contributed by atoms with E-state index in [1.807, 2.05) is 0 Å². The Morgan fingerprint density at radius 3 is 2.42 bits per heavy atom. The molecule has 1 fully saturated rings. The fraction of sp³-hybridized carbons (Fsp3) is 0.267. The van der Waals surface area contributed by atoms with Crippen LogP contribution in [-0.4, -0.2) is 37.2 Å². The number of hydrogen-bond acceptors (Lipinski definition) is 6. The monoisotopic (exact) mass is 366 g/mol. The summed E-state index contributed by atoms with van der Waals surface area (Å²) in [5, 5.41) is 20.0. The van der Waals surface area contributed by atoms with Crippen molar-refractivity contribution >= 4 is 51.9 Å². The van der Waals surface area contributed by atoms with E-state index in [4.69, 9.17) is 12.2 Å². The first-order valence-corrected chi connectivity index (χ1v) is 8.19. The number of thiocarbonyl (C=S) groups is 1. The molecule has 1 unspecified atom stereocenters. The van der Waals surface area contributed by atoms with Gasteiger partial charge in [0, 0.05) is 12.1 Å². The second-order valence-corrected chi connectivity index (χ2v) is 7.10. The molecule has 1 N–H and O–H groups in total. The fourth-order valence-electron chi connectivity index (χ4n) is 2.26. The van der Waals surface area contributed by atoms with E-state index in [0.717, 1.165) is 16.7 Å². The van der Waals surface area contributed by atoms with Crippen molar-refractivity contribution in [1.82, 2.24) is 4.90 Å². The molecule has 1 aliphatic rings. The van der Waals surface area contributed by atoms with Crippen LogP contribution in [0.15, 0.2) is 29.2 Å². The molecule has 0 spiro atoms. The van der Waals surface area contributed by atoms with Crippen molar-refractivity contribution in [2.75, 3.05) is 0 Å². The van der Waals surface area contributed by atoms with E-state index in [1.54, 1.807) is 19.9 Å². The number of rotatable bonds is 5. The number of carboxylic acids is 1. The minimum absolute atomic E-state index is 0.0505. The van der Waals surface area contributed by atoms with Crippen molar-refractivity contribution in [2.45, 2.75) is 19.9 Å². The third-order valence-corrected chi connectivity index (χ3v) is 4.72. The van der Waals surface area contributed by atoms with Crippen LogP contribution in [0.5, 0.6) is 0 Å². The summed E-state index contributed by atoms with van der Waals surface area (Å²) in [6.45, 7) is 3.41. The Morgan fingerprint density at radius 1 is 1.38 bits per heavy atom. The number of carbonyl (C=O) groups excluding carboxylic acids is 1. The third-order valence-electron chi connectivity index (χ3n) is 3.39. The number of hydrogen-bond donors (Lipinski definition) is 1. The molecule has 2 rings (SSSR count). The normalized spacial score (nSPS) is 17.6. The molecule has 0 saturated carbocycles. The molecule has 1 atom stereocenters. The van der Waals surface area contributed by atoms with Crippen LogP contribution in [0, 0.1) is 16.0 Å². The lowest BCUT2D eigenvalue weighted by molar-refractivity contribution is -0.384. The quantitative estimate of drug-likeness (QED) is 0.370. The van der Waals surface area contributed by atoms with Gasteiger partial charge in [-0.1, -0.05) is 37.8 Å². The zero-order chi connectivity index (χ0) is 18.0. The molecule has 1 saturated heterocycles. The molecule has 1 aromatic carbocycles. The van der Waals surface area contributed by atoms with E-state index in [-0.39, 0.29) is 15.9 Å². The molecule has 1 amide bonds. The van der Waals surface area contributed by atoms with Gasteiger partial charge < -0.3 is 5.11 Å². The minimum Gasteiger partial charge on any atom is -0.480 e. The Hall–Kier alpha value is -2.26. The number of aliphatic carboxylic acids is 1. The van der Waals surface area contributed by atoms with Crippen LogP contribution in [0.4, 0.5) is 5.69 Å². The van der Waals surface area contributed by atoms with Gasteiger partial charge in [-0.2, -0.15) is 0 Å². The summed E-state index contributed by atoms with van der Waals surface area (Å²) in [6.07, 6.45) is 1.54. The fourth-order valence-corrected chi connectivity index (χ4v) is 3.59. The van der Waals surface area contributed by atoms with Crippen molar-refractivity contribution in [3.8, 4) is 0 Å². The van der Waals surface area contributed by atoms with Gasteiger partial charge in [0.05, 0.1) is 9.83 Å². The van der Waals surface area contributed by atoms with Gasteiger partial charge in [0.15, 0.2) is 0 Å². The van der Waals surface area contributed by atoms with Gasteiger partial charge in [-0.15, -0.1) is 0 Å². The minimum atomic E-state index is -1.11. The Morgan fingerprint density at radius 2 is 1.96 bits per heavy atom. The molecule has 0 radical (unpaired) electrons. The second kappa shape index (κ2) is 7.10. The molecule has 0 aromatic heterocycles. The summed E-state index contributed by atoms with van der Waals surface area (Å²) in [7, 11) is 0. The van der Waals surface area contributed by atoms with Crippen LogP contribution in [0.25, 0.3) is 6.08 Å². The first kappa shape index (κ1) is 18.1. The Kier molecular flexibility index (Phi) is 5.35. The van der Waals surface area contributed by atoms with Gasteiger partial charge in [-0.05, 0) is 29.7 Å². The maximum absolute atomic E-state index is 12.5.